The van der Waals surface area contributed by atoms with E-state index in [-0.39, 0.29) is 17.3 Å². The van der Waals surface area contributed by atoms with E-state index in [1.165, 1.54) is 24.3 Å². The van der Waals surface area contributed by atoms with Gasteiger partial charge in [-0.25, -0.2) is 4.39 Å². The van der Waals surface area contributed by atoms with Crippen molar-refractivity contribution in [2.45, 2.75) is 30.8 Å². The number of carbonyl (C=O) groups is 3. The van der Waals surface area contributed by atoms with E-state index in [9.17, 15) is 18.8 Å². The summed E-state index contributed by atoms with van der Waals surface area (Å²) in [4.78, 5) is 46.1. The number of para-hydroxylation sites is 2. The van der Waals surface area contributed by atoms with Crippen LogP contribution in [-0.4, -0.2) is 35.0 Å². The number of nitrogens with zero attached hydrogens (tertiary/aromatic N) is 1. The summed E-state index contributed by atoms with van der Waals surface area (Å²) < 4.78 is 20.0. The highest BCUT2D eigenvalue weighted by molar-refractivity contribution is 6.17. The Bertz CT molecular complexity index is 1800. The maximum absolute atomic E-state index is 14.9. The van der Waals surface area contributed by atoms with Crippen molar-refractivity contribution in [1.82, 2.24) is 4.90 Å². The van der Waals surface area contributed by atoms with Crippen molar-refractivity contribution in [3.8, 4) is 5.75 Å². The molecular formula is C36H29FN2O4. The van der Waals surface area contributed by atoms with Crippen molar-refractivity contribution in [1.29, 1.82) is 0 Å². The van der Waals surface area contributed by atoms with Gasteiger partial charge >= 0.3 is 0 Å². The molecular weight excluding hydrogens is 543 g/mol. The number of hydrogen-bond acceptors (Lipinski definition) is 5. The Balaban J connectivity index is 1.51. The highest BCUT2D eigenvalue weighted by atomic mass is 19.1. The number of halogens is 1. The van der Waals surface area contributed by atoms with Crippen LogP contribution in [-0.2, 0) is 10.2 Å². The van der Waals surface area contributed by atoms with E-state index in [2.05, 4.69) is 5.32 Å². The number of hydrogen-bond donors (Lipinski definition) is 1. The molecule has 0 unspecified atom stereocenters. The molecule has 3 aliphatic rings. The summed E-state index contributed by atoms with van der Waals surface area (Å²) in [6.07, 6.45) is 4.51. The van der Waals surface area contributed by atoms with E-state index in [0.29, 0.717) is 29.2 Å². The maximum Gasteiger partial charge on any atom is 0.238 e. The predicted octanol–water partition coefficient (Wildman–Crippen LogP) is 6.60. The van der Waals surface area contributed by atoms with Gasteiger partial charge in [0.25, 0.3) is 0 Å². The molecule has 0 aliphatic carbocycles. The van der Waals surface area contributed by atoms with Crippen LogP contribution in [0, 0.1) is 11.7 Å². The minimum atomic E-state index is -1.46. The molecule has 214 valence electrons. The van der Waals surface area contributed by atoms with Crippen LogP contribution in [0.3, 0.4) is 0 Å². The third-order valence-electron chi connectivity index (χ3n) is 8.86. The summed E-state index contributed by atoms with van der Waals surface area (Å²) in [5.41, 5.74) is 2.14. The Hall–Kier alpha value is -5.04. The molecule has 43 heavy (non-hydrogen) atoms. The van der Waals surface area contributed by atoms with E-state index in [1.54, 1.807) is 24.3 Å². The average molecular weight is 573 g/mol. The molecule has 0 aromatic heterocycles. The monoisotopic (exact) mass is 572 g/mol. The molecule has 3 heterocycles. The van der Waals surface area contributed by atoms with Gasteiger partial charge in [-0.15, -0.1) is 0 Å². The second-order valence-electron chi connectivity index (χ2n) is 11.2. The van der Waals surface area contributed by atoms with Crippen molar-refractivity contribution < 1.29 is 23.5 Å². The fourth-order valence-corrected chi connectivity index (χ4v) is 7.13. The summed E-state index contributed by atoms with van der Waals surface area (Å²) in [5.74, 6) is -2.27. The van der Waals surface area contributed by atoms with Gasteiger partial charge in [0.15, 0.2) is 11.6 Å². The third kappa shape index (κ3) is 3.95. The highest BCUT2D eigenvalue weighted by Gasteiger charge is 2.70. The lowest BCUT2D eigenvalue weighted by Gasteiger charge is -2.38. The molecule has 1 amide bonds. The van der Waals surface area contributed by atoms with Crippen molar-refractivity contribution in [2.75, 3.05) is 11.9 Å². The molecule has 4 aromatic rings. The van der Waals surface area contributed by atoms with E-state index in [0.717, 1.165) is 17.5 Å². The number of ketones is 2. The summed E-state index contributed by atoms with van der Waals surface area (Å²) in [6, 6.07) is 25.7. The van der Waals surface area contributed by atoms with Gasteiger partial charge in [0.05, 0.1) is 24.1 Å². The maximum atomic E-state index is 14.9. The normalized spacial score (nSPS) is 23.0. The summed E-state index contributed by atoms with van der Waals surface area (Å²) in [5, 5.41) is 3.04. The van der Waals surface area contributed by atoms with Crippen LogP contribution in [0.5, 0.6) is 5.75 Å². The second kappa shape index (κ2) is 10.3. The van der Waals surface area contributed by atoms with Gasteiger partial charge in [0.1, 0.15) is 23.0 Å². The zero-order valence-electron chi connectivity index (χ0n) is 23.5. The molecule has 7 rings (SSSR count). The van der Waals surface area contributed by atoms with E-state index in [1.807, 2.05) is 72.6 Å². The number of rotatable bonds is 7. The van der Waals surface area contributed by atoms with Crippen molar-refractivity contribution in [3.05, 3.63) is 137 Å². The van der Waals surface area contributed by atoms with E-state index >= 15 is 0 Å². The zero-order valence-corrected chi connectivity index (χ0v) is 23.5. The zero-order chi connectivity index (χ0) is 29.7. The number of carbonyl (C=O) groups excluding carboxylic acids is 3. The summed E-state index contributed by atoms with van der Waals surface area (Å²) in [6.45, 7) is 2.41. The lowest BCUT2D eigenvalue weighted by atomic mass is 9.62. The van der Waals surface area contributed by atoms with Gasteiger partial charge in [-0.05, 0) is 71.7 Å². The standard InChI is InChI=1S/C36H29FN2O4/c1-2-21-43-29-14-8-5-11-26(29)33(41)31-30(32(40)23-15-17-24(37)18-16-23)36(27-12-6-7-13-28(27)38-35(36)42)34-25-10-4-3-9-22(25)19-20-39(31)34/h3-20,30-31,34H,2,21H2,1H3,(H,38,42)/t30-,31-,34-,36+/m1/s1. The minimum Gasteiger partial charge on any atom is -0.493 e. The van der Waals surface area contributed by atoms with Crippen LogP contribution in [0.4, 0.5) is 10.1 Å². The van der Waals surface area contributed by atoms with Gasteiger partial charge < -0.3 is 15.0 Å². The lowest BCUT2D eigenvalue weighted by molar-refractivity contribution is -0.122. The number of amides is 1. The minimum absolute atomic E-state index is 0.230. The summed E-state index contributed by atoms with van der Waals surface area (Å²) in [7, 11) is 0. The molecule has 6 nitrogen and oxygen atoms in total. The van der Waals surface area contributed by atoms with Gasteiger partial charge in [-0.1, -0.05) is 61.5 Å². The SMILES string of the molecule is CCCOc1ccccc1C(=O)[C@H]1[C@H](C(=O)c2ccc(F)cc2)[C@]2(C(=O)Nc3ccccc32)[C@H]2c3ccccc3C=CN12. The largest absolute Gasteiger partial charge is 0.493 e. The third-order valence-corrected chi connectivity index (χ3v) is 8.86. The number of Topliss-reactive ketones (excluding diaryl/α,β-unsaturated/α-hetero) is 2. The van der Waals surface area contributed by atoms with E-state index in [4.69, 9.17) is 4.74 Å². The average Bonchev–Trinajstić information content (AvgIpc) is 3.52. The van der Waals surface area contributed by atoms with Gasteiger partial charge in [-0.3, -0.25) is 14.4 Å². The number of ether oxygens (including phenoxy) is 1. The molecule has 0 radical (unpaired) electrons. The molecule has 3 aliphatic heterocycles. The number of anilines is 1. The lowest BCUT2D eigenvalue weighted by Crippen LogP contribution is -2.49. The van der Waals surface area contributed by atoms with Crippen molar-refractivity contribution in [2.24, 2.45) is 5.92 Å². The first-order valence-electron chi connectivity index (χ1n) is 14.5. The van der Waals surface area contributed by atoms with Crippen LogP contribution in [0.15, 0.2) is 103 Å². The van der Waals surface area contributed by atoms with Crippen LogP contribution in [0.2, 0.25) is 0 Å². The predicted molar refractivity (Wildman–Crippen MR) is 161 cm³/mol. The molecule has 4 atom stereocenters. The second-order valence-corrected chi connectivity index (χ2v) is 11.2. The number of fused-ring (bicyclic) bond motifs is 6. The Labute approximate surface area is 248 Å². The number of benzene rings is 4. The Morgan fingerprint density at radius 3 is 2.44 bits per heavy atom. The van der Waals surface area contributed by atoms with Crippen LogP contribution < -0.4 is 10.1 Å². The Kier molecular flexibility index (Phi) is 6.46. The molecule has 0 saturated carbocycles. The fraction of sp³-hybridized carbons (Fsp3) is 0.194. The van der Waals surface area contributed by atoms with Crippen LogP contribution in [0.25, 0.3) is 6.08 Å². The first-order valence-corrected chi connectivity index (χ1v) is 14.5. The first-order chi connectivity index (χ1) is 21.0. The molecule has 1 saturated heterocycles. The molecule has 4 aromatic carbocycles. The smallest absolute Gasteiger partial charge is 0.238 e. The van der Waals surface area contributed by atoms with Crippen LogP contribution >= 0.6 is 0 Å². The van der Waals surface area contributed by atoms with Crippen molar-refractivity contribution in [3.63, 3.8) is 0 Å². The number of nitrogens with one attached hydrogen (secondary N) is 1. The Morgan fingerprint density at radius 2 is 1.63 bits per heavy atom. The van der Waals surface area contributed by atoms with Gasteiger partial charge in [-0.2, -0.15) is 0 Å². The molecule has 1 spiro atoms. The highest BCUT2D eigenvalue weighted by Crippen LogP contribution is 2.62. The molecule has 0 bridgehead atoms. The molecule has 1 fully saturated rings. The van der Waals surface area contributed by atoms with Gasteiger partial charge in [0.2, 0.25) is 5.91 Å². The first kappa shape index (κ1) is 26.8. The summed E-state index contributed by atoms with van der Waals surface area (Å²) >= 11 is 0. The molecule has 1 N–H and O–H groups in total. The Morgan fingerprint density at radius 1 is 0.907 bits per heavy atom. The van der Waals surface area contributed by atoms with Gasteiger partial charge in [0, 0.05) is 17.5 Å². The van der Waals surface area contributed by atoms with Crippen LogP contribution in [0.1, 0.15) is 56.8 Å². The fourth-order valence-electron chi connectivity index (χ4n) is 7.13. The molecule has 7 heteroatoms. The van der Waals surface area contributed by atoms with Crippen molar-refractivity contribution >= 4 is 29.2 Å². The quantitative estimate of drug-likeness (QED) is 0.253. The topological polar surface area (TPSA) is 75.7 Å². The van der Waals surface area contributed by atoms with E-state index < -0.39 is 35.0 Å².